The molecule has 38 heavy (non-hydrogen) atoms. The lowest BCUT2D eigenvalue weighted by atomic mass is 9.99. The molecule has 0 bridgehead atoms. The second-order valence-corrected chi connectivity index (χ2v) is 9.83. The third-order valence-electron chi connectivity index (χ3n) is 7.26. The fourth-order valence-corrected chi connectivity index (χ4v) is 5.04. The van der Waals surface area contributed by atoms with Gasteiger partial charge in [0.05, 0.1) is 24.7 Å². The van der Waals surface area contributed by atoms with Crippen molar-refractivity contribution in [1.29, 1.82) is 0 Å². The maximum Gasteiger partial charge on any atom is 0.355 e. The number of rotatable bonds is 7. The zero-order chi connectivity index (χ0) is 26.6. The molecule has 1 fully saturated rings. The molecule has 5 aromatic rings. The Kier molecular flexibility index (Phi) is 5.70. The molecular formula is C27H30N9O2+. The van der Waals surface area contributed by atoms with Crippen LogP contribution in [0.5, 0.6) is 0 Å². The van der Waals surface area contributed by atoms with Gasteiger partial charge in [-0.3, -0.25) is 9.48 Å². The van der Waals surface area contributed by atoms with Crippen molar-refractivity contribution in [2.45, 2.75) is 45.2 Å². The second kappa shape index (κ2) is 9.09. The zero-order valence-corrected chi connectivity index (χ0v) is 21.8. The van der Waals surface area contributed by atoms with Crippen LogP contribution in [0.4, 0.5) is 11.6 Å². The van der Waals surface area contributed by atoms with E-state index in [4.69, 9.17) is 10.3 Å². The summed E-state index contributed by atoms with van der Waals surface area (Å²) in [6, 6.07) is 8.05. The number of aromatic nitrogens is 7. The van der Waals surface area contributed by atoms with E-state index in [0.717, 1.165) is 35.0 Å². The molecule has 194 valence electrons. The fourth-order valence-electron chi connectivity index (χ4n) is 5.04. The van der Waals surface area contributed by atoms with Crippen LogP contribution in [0.1, 0.15) is 49.8 Å². The van der Waals surface area contributed by atoms with Gasteiger partial charge < -0.3 is 15.6 Å². The van der Waals surface area contributed by atoms with Crippen molar-refractivity contribution in [3.63, 3.8) is 0 Å². The molecule has 4 aromatic heterocycles. The van der Waals surface area contributed by atoms with Gasteiger partial charge in [0.15, 0.2) is 5.16 Å². The van der Waals surface area contributed by atoms with Crippen LogP contribution in [0, 0.1) is 6.92 Å². The predicted octanol–water partition coefficient (Wildman–Crippen LogP) is 3.46. The average molecular weight is 513 g/mol. The second-order valence-electron chi connectivity index (χ2n) is 9.83. The van der Waals surface area contributed by atoms with Gasteiger partial charge in [-0.1, -0.05) is 25.1 Å². The first-order valence-corrected chi connectivity index (χ1v) is 12.7. The molecule has 4 heterocycles. The topological polar surface area (TPSA) is 134 Å². The molecule has 0 amide bonds. The number of nitrogens with zero attached hydrogens (tertiary/aromatic N) is 7. The molecule has 1 saturated carbocycles. The smallest absolute Gasteiger partial charge is 0.355 e. The van der Waals surface area contributed by atoms with E-state index in [2.05, 4.69) is 38.5 Å². The Morgan fingerprint density at radius 1 is 1.29 bits per heavy atom. The Labute approximate surface area is 218 Å². The van der Waals surface area contributed by atoms with Gasteiger partial charge in [0.1, 0.15) is 23.5 Å². The molecule has 1 atom stereocenters. The number of hydrogen-bond donors (Lipinski definition) is 2. The van der Waals surface area contributed by atoms with E-state index in [9.17, 15) is 4.79 Å². The Balaban J connectivity index is 1.50. The minimum atomic E-state index is -0.211. The van der Waals surface area contributed by atoms with Crippen molar-refractivity contribution in [3.8, 4) is 22.6 Å². The van der Waals surface area contributed by atoms with Crippen molar-refractivity contribution in [3.05, 3.63) is 64.9 Å². The lowest BCUT2D eigenvalue weighted by Crippen LogP contribution is -2.32. The molecule has 6 rings (SSSR count). The van der Waals surface area contributed by atoms with Crippen LogP contribution in [0.3, 0.4) is 0 Å². The highest BCUT2D eigenvalue weighted by Crippen LogP contribution is 2.39. The number of aryl methyl sites for hydroxylation is 2. The van der Waals surface area contributed by atoms with Gasteiger partial charge in [0, 0.05) is 37.5 Å². The van der Waals surface area contributed by atoms with Gasteiger partial charge in [0.25, 0.3) is 5.56 Å². The summed E-state index contributed by atoms with van der Waals surface area (Å²) in [6.07, 6.45) is 7.82. The Bertz CT molecular complexity index is 1730. The third-order valence-corrected chi connectivity index (χ3v) is 7.26. The van der Waals surface area contributed by atoms with Gasteiger partial charge >= 0.3 is 11.7 Å². The molecule has 1 unspecified atom stereocenters. The summed E-state index contributed by atoms with van der Waals surface area (Å²) < 4.78 is 11.1. The van der Waals surface area contributed by atoms with E-state index >= 15 is 0 Å². The van der Waals surface area contributed by atoms with Crippen LogP contribution in [0.25, 0.3) is 33.4 Å². The van der Waals surface area contributed by atoms with E-state index in [-0.39, 0.29) is 23.5 Å². The van der Waals surface area contributed by atoms with Gasteiger partial charge in [-0.25, -0.2) is 14.5 Å². The highest BCUT2D eigenvalue weighted by atomic mass is 16.5. The first kappa shape index (κ1) is 23.8. The zero-order valence-electron chi connectivity index (χ0n) is 21.8. The number of nitrogens with two attached hydrogens (primary N) is 1. The number of benzene rings is 1. The van der Waals surface area contributed by atoms with E-state index in [0.29, 0.717) is 34.9 Å². The van der Waals surface area contributed by atoms with Crippen molar-refractivity contribution < 1.29 is 9.09 Å². The monoisotopic (exact) mass is 512 g/mol. The SMILES string of the molecule is CCC(Nc1ncnc(N)c1-c1onc(C)[n+]1C)c1cc2cccc(-c3cnn(C)c3)c2c(=O)n1C1CC1. The Hall–Kier alpha value is -4.54. The molecular weight excluding hydrogens is 482 g/mol. The van der Waals surface area contributed by atoms with E-state index < -0.39 is 0 Å². The van der Waals surface area contributed by atoms with Gasteiger partial charge in [-0.2, -0.15) is 9.67 Å². The standard InChI is InChI=1S/C27H29N9O2/c1-5-20(32-25-23(24(28)29-14-30-25)27-35(4)15(2)33-38-27)21-11-16-7-6-8-19(17-12-31-34(3)13-17)22(16)26(37)36(21)18-9-10-18/h6-8,11-14,18,20H,5,9-10H2,1-4H3,(H2,28,29,30,32)/p+1. The summed E-state index contributed by atoms with van der Waals surface area (Å²) in [6.45, 7) is 3.93. The molecule has 1 aliphatic carbocycles. The molecule has 3 N–H and O–H groups in total. The molecule has 1 aromatic carbocycles. The highest BCUT2D eigenvalue weighted by molar-refractivity contribution is 5.96. The summed E-state index contributed by atoms with van der Waals surface area (Å²) in [5.41, 5.74) is 9.57. The molecule has 0 saturated heterocycles. The fraction of sp³-hybridized carbons (Fsp3) is 0.333. The molecule has 0 aliphatic heterocycles. The number of fused-ring (bicyclic) bond motifs is 1. The number of hydrogen-bond acceptors (Lipinski definition) is 8. The third kappa shape index (κ3) is 3.90. The average Bonchev–Trinajstić information content (AvgIpc) is 3.57. The van der Waals surface area contributed by atoms with Crippen molar-refractivity contribution in [2.24, 2.45) is 14.1 Å². The Morgan fingerprint density at radius 3 is 2.76 bits per heavy atom. The summed E-state index contributed by atoms with van der Waals surface area (Å²) in [5, 5.41) is 13.5. The van der Waals surface area contributed by atoms with E-state index in [1.54, 1.807) is 15.4 Å². The maximum absolute atomic E-state index is 14.1. The summed E-state index contributed by atoms with van der Waals surface area (Å²) in [4.78, 5) is 22.8. The van der Waals surface area contributed by atoms with Crippen molar-refractivity contribution in [2.75, 3.05) is 11.1 Å². The van der Waals surface area contributed by atoms with Gasteiger partial charge in [0.2, 0.25) is 0 Å². The van der Waals surface area contributed by atoms with Crippen LogP contribution in [0.15, 0.2) is 52.3 Å². The quantitative estimate of drug-likeness (QED) is 0.317. The number of pyridine rings is 1. The summed E-state index contributed by atoms with van der Waals surface area (Å²) in [5.74, 6) is 1.96. The van der Waals surface area contributed by atoms with Crippen LogP contribution < -0.4 is 21.2 Å². The first-order chi connectivity index (χ1) is 18.4. The van der Waals surface area contributed by atoms with Crippen LogP contribution in [0.2, 0.25) is 0 Å². The largest absolute Gasteiger partial charge is 0.383 e. The number of nitrogens with one attached hydrogen (secondary N) is 1. The lowest BCUT2D eigenvalue weighted by molar-refractivity contribution is -0.669. The van der Waals surface area contributed by atoms with Crippen LogP contribution in [-0.4, -0.2) is 29.5 Å². The minimum Gasteiger partial charge on any atom is -0.383 e. The maximum atomic E-state index is 14.1. The van der Waals surface area contributed by atoms with E-state index in [1.807, 2.05) is 50.0 Å². The summed E-state index contributed by atoms with van der Waals surface area (Å²) in [7, 11) is 3.73. The molecule has 11 nitrogen and oxygen atoms in total. The number of anilines is 2. The van der Waals surface area contributed by atoms with Crippen LogP contribution >= 0.6 is 0 Å². The highest BCUT2D eigenvalue weighted by Gasteiger charge is 2.32. The van der Waals surface area contributed by atoms with E-state index in [1.165, 1.54) is 6.33 Å². The van der Waals surface area contributed by atoms with Crippen LogP contribution in [-0.2, 0) is 14.1 Å². The molecule has 0 spiro atoms. The Morgan fingerprint density at radius 2 is 2.11 bits per heavy atom. The predicted molar refractivity (Wildman–Crippen MR) is 143 cm³/mol. The minimum absolute atomic E-state index is 0.0133. The normalized spacial score (nSPS) is 14.2. The van der Waals surface area contributed by atoms with Crippen molar-refractivity contribution >= 4 is 22.4 Å². The molecule has 11 heteroatoms. The summed E-state index contributed by atoms with van der Waals surface area (Å²) >= 11 is 0. The molecule has 1 aliphatic rings. The van der Waals surface area contributed by atoms with Gasteiger partial charge in [-0.05, 0) is 36.3 Å². The van der Waals surface area contributed by atoms with Gasteiger partial charge in [-0.15, -0.1) is 0 Å². The lowest BCUT2D eigenvalue weighted by Gasteiger charge is -2.24. The molecule has 0 radical (unpaired) electrons. The van der Waals surface area contributed by atoms with Crippen molar-refractivity contribution in [1.82, 2.24) is 29.5 Å². The first-order valence-electron chi connectivity index (χ1n) is 12.7. The number of nitrogen functional groups attached to an aromatic ring is 1.